The SMILES string of the molecule is CN1CCC(Cc2nc(COc3ccccc3Cl)no2)C1=O. The highest BCUT2D eigenvalue weighted by Crippen LogP contribution is 2.24. The van der Waals surface area contributed by atoms with E-state index in [1.54, 1.807) is 24.1 Å². The molecule has 0 N–H and O–H groups in total. The quantitative estimate of drug-likeness (QED) is 0.845. The van der Waals surface area contributed by atoms with Gasteiger partial charge in [-0.2, -0.15) is 4.98 Å². The zero-order chi connectivity index (χ0) is 15.5. The minimum atomic E-state index is -0.0669. The summed E-state index contributed by atoms with van der Waals surface area (Å²) in [6.45, 7) is 0.950. The Labute approximate surface area is 133 Å². The van der Waals surface area contributed by atoms with Gasteiger partial charge in [-0.05, 0) is 18.6 Å². The van der Waals surface area contributed by atoms with E-state index in [9.17, 15) is 4.79 Å². The number of amides is 1. The van der Waals surface area contributed by atoms with E-state index in [0.29, 0.717) is 28.9 Å². The summed E-state index contributed by atoms with van der Waals surface area (Å²) < 4.78 is 10.7. The monoisotopic (exact) mass is 321 g/mol. The summed E-state index contributed by atoms with van der Waals surface area (Å²) in [5, 5.41) is 4.40. The predicted molar refractivity (Wildman–Crippen MR) is 79.5 cm³/mol. The van der Waals surface area contributed by atoms with Crippen molar-refractivity contribution in [2.45, 2.75) is 19.4 Å². The van der Waals surface area contributed by atoms with E-state index >= 15 is 0 Å². The Kier molecular flexibility index (Phi) is 4.29. The van der Waals surface area contributed by atoms with Crippen molar-refractivity contribution >= 4 is 17.5 Å². The van der Waals surface area contributed by atoms with Crippen LogP contribution in [0.4, 0.5) is 0 Å². The first-order valence-electron chi connectivity index (χ1n) is 7.07. The van der Waals surface area contributed by atoms with Gasteiger partial charge in [0.1, 0.15) is 5.75 Å². The number of carbonyl (C=O) groups is 1. The summed E-state index contributed by atoms with van der Waals surface area (Å²) in [4.78, 5) is 17.8. The number of hydrogen-bond acceptors (Lipinski definition) is 5. The highest BCUT2D eigenvalue weighted by molar-refractivity contribution is 6.32. The summed E-state index contributed by atoms with van der Waals surface area (Å²) >= 11 is 6.01. The first-order chi connectivity index (χ1) is 10.6. The van der Waals surface area contributed by atoms with Gasteiger partial charge in [-0.1, -0.05) is 28.9 Å². The molecule has 6 nitrogen and oxygen atoms in total. The number of carbonyl (C=O) groups excluding carboxylic acids is 1. The van der Waals surface area contributed by atoms with Crippen molar-refractivity contribution in [1.82, 2.24) is 15.0 Å². The van der Waals surface area contributed by atoms with Gasteiger partial charge in [-0.3, -0.25) is 4.79 Å². The zero-order valence-corrected chi connectivity index (χ0v) is 12.9. The average Bonchev–Trinajstić information content (AvgIpc) is 3.09. The van der Waals surface area contributed by atoms with Gasteiger partial charge in [-0.15, -0.1) is 0 Å². The molecule has 2 heterocycles. The first-order valence-corrected chi connectivity index (χ1v) is 7.45. The van der Waals surface area contributed by atoms with Crippen LogP contribution in [-0.2, 0) is 17.8 Å². The molecule has 3 rings (SSSR count). The second kappa shape index (κ2) is 6.36. The summed E-state index contributed by atoms with van der Waals surface area (Å²) in [5.74, 6) is 1.54. The first kappa shape index (κ1) is 14.8. The van der Waals surface area contributed by atoms with Gasteiger partial charge in [0.05, 0.1) is 5.02 Å². The van der Waals surface area contributed by atoms with Crippen LogP contribution < -0.4 is 4.74 Å². The molecule has 22 heavy (non-hydrogen) atoms. The molecule has 0 bridgehead atoms. The van der Waals surface area contributed by atoms with Crippen molar-refractivity contribution in [1.29, 1.82) is 0 Å². The molecule has 0 aliphatic carbocycles. The van der Waals surface area contributed by atoms with Crippen LogP contribution in [0.5, 0.6) is 5.75 Å². The normalized spacial score (nSPS) is 18.0. The molecule has 1 aliphatic heterocycles. The van der Waals surface area contributed by atoms with Crippen molar-refractivity contribution in [2.24, 2.45) is 5.92 Å². The highest BCUT2D eigenvalue weighted by atomic mass is 35.5. The number of hydrogen-bond donors (Lipinski definition) is 0. The molecule has 1 unspecified atom stereocenters. The molecule has 1 fully saturated rings. The van der Waals surface area contributed by atoms with Crippen molar-refractivity contribution in [3.8, 4) is 5.75 Å². The molecule has 1 aromatic carbocycles. The topological polar surface area (TPSA) is 68.5 Å². The average molecular weight is 322 g/mol. The van der Waals surface area contributed by atoms with E-state index in [1.165, 1.54) is 0 Å². The fraction of sp³-hybridized carbons (Fsp3) is 0.400. The van der Waals surface area contributed by atoms with Crippen LogP contribution in [0.25, 0.3) is 0 Å². The predicted octanol–water partition coefficient (Wildman–Crippen LogP) is 2.32. The molecule has 2 aromatic rings. The Morgan fingerprint density at radius 3 is 3.00 bits per heavy atom. The number of ether oxygens (including phenoxy) is 1. The molecule has 0 radical (unpaired) electrons. The number of rotatable bonds is 5. The zero-order valence-electron chi connectivity index (χ0n) is 12.2. The summed E-state index contributed by atoms with van der Waals surface area (Å²) in [6.07, 6.45) is 1.30. The van der Waals surface area contributed by atoms with E-state index in [-0.39, 0.29) is 18.4 Å². The molecule has 116 valence electrons. The molecule has 0 spiro atoms. The van der Waals surface area contributed by atoms with Crippen LogP contribution in [0, 0.1) is 5.92 Å². The van der Waals surface area contributed by atoms with Crippen LogP contribution in [0.15, 0.2) is 28.8 Å². The van der Waals surface area contributed by atoms with Gasteiger partial charge in [-0.25, -0.2) is 0 Å². The van der Waals surface area contributed by atoms with Crippen LogP contribution in [0.2, 0.25) is 5.02 Å². The van der Waals surface area contributed by atoms with Crippen molar-refractivity contribution < 1.29 is 14.1 Å². The van der Waals surface area contributed by atoms with Crippen molar-refractivity contribution in [2.75, 3.05) is 13.6 Å². The molecule has 1 atom stereocenters. The lowest BCUT2D eigenvalue weighted by Crippen LogP contribution is -2.23. The molecule has 1 aromatic heterocycles. The molecular weight excluding hydrogens is 306 g/mol. The third kappa shape index (κ3) is 3.22. The Hall–Kier alpha value is -2.08. The van der Waals surface area contributed by atoms with Gasteiger partial charge < -0.3 is 14.2 Å². The van der Waals surface area contributed by atoms with Crippen LogP contribution in [-0.4, -0.2) is 34.5 Å². The van der Waals surface area contributed by atoms with Crippen LogP contribution >= 0.6 is 11.6 Å². The van der Waals surface area contributed by atoms with Gasteiger partial charge in [0, 0.05) is 25.9 Å². The molecular formula is C15H16ClN3O3. The second-order valence-electron chi connectivity index (χ2n) is 5.27. The lowest BCUT2D eigenvalue weighted by Gasteiger charge is -2.07. The van der Waals surface area contributed by atoms with E-state index in [1.807, 2.05) is 12.1 Å². The van der Waals surface area contributed by atoms with Gasteiger partial charge >= 0.3 is 0 Å². The lowest BCUT2D eigenvalue weighted by molar-refractivity contribution is -0.129. The standard InChI is InChI=1S/C15H16ClN3O3/c1-19-7-6-10(15(19)20)8-14-17-13(18-22-14)9-21-12-5-3-2-4-11(12)16/h2-5,10H,6-9H2,1H3. The number of aromatic nitrogens is 2. The van der Waals surface area contributed by atoms with Crippen molar-refractivity contribution in [3.63, 3.8) is 0 Å². The third-order valence-corrected chi connectivity index (χ3v) is 3.98. The highest BCUT2D eigenvalue weighted by Gasteiger charge is 2.30. The third-order valence-electron chi connectivity index (χ3n) is 3.66. The van der Waals surface area contributed by atoms with E-state index in [0.717, 1.165) is 13.0 Å². The number of nitrogens with zero attached hydrogens (tertiary/aromatic N) is 3. The fourth-order valence-electron chi connectivity index (χ4n) is 2.43. The molecule has 7 heteroatoms. The van der Waals surface area contributed by atoms with Gasteiger partial charge in [0.25, 0.3) is 0 Å². The number of benzene rings is 1. The van der Waals surface area contributed by atoms with Gasteiger partial charge in [0.15, 0.2) is 6.61 Å². The van der Waals surface area contributed by atoms with Crippen LogP contribution in [0.3, 0.4) is 0 Å². The Bertz CT molecular complexity index is 674. The Balaban J connectivity index is 1.58. The largest absolute Gasteiger partial charge is 0.484 e. The molecule has 0 saturated carbocycles. The second-order valence-corrected chi connectivity index (χ2v) is 5.68. The number of halogens is 1. The summed E-state index contributed by atoms with van der Waals surface area (Å²) in [7, 11) is 1.80. The minimum Gasteiger partial charge on any atom is -0.484 e. The smallest absolute Gasteiger partial charge is 0.227 e. The van der Waals surface area contributed by atoms with E-state index < -0.39 is 0 Å². The molecule has 1 saturated heterocycles. The Morgan fingerprint density at radius 1 is 1.45 bits per heavy atom. The van der Waals surface area contributed by atoms with E-state index in [2.05, 4.69) is 10.1 Å². The van der Waals surface area contributed by atoms with Gasteiger partial charge in [0.2, 0.25) is 17.6 Å². The molecule has 1 amide bonds. The maximum absolute atomic E-state index is 11.9. The fourth-order valence-corrected chi connectivity index (χ4v) is 2.62. The minimum absolute atomic E-state index is 0.0669. The van der Waals surface area contributed by atoms with E-state index in [4.69, 9.17) is 20.9 Å². The summed E-state index contributed by atoms with van der Waals surface area (Å²) in [5.41, 5.74) is 0. The Morgan fingerprint density at radius 2 is 2.27 bits per heavy atom. The molecule has 1 aliphatic rings. The lowest BCUT2D eigenvalue weighted by atomic mass is 10.0. The maximum atomic E-state index is 11.9. The number of likely N-dealkylation sites (tertiary alicyclic amines) is 1. The summed E-state index contributed by atoms with van der Waals surface area (Å²) in [6, 6.07) is 7.19. The number of para-hydroxylation sites is 1. The van der Waals surface area contributed by atoms with Crippen LogP contribution in [0.1, 0.15) is 18.1 Å². The maximum Gasteiger partial charge on any atom is 0.227 e. The van der Waals surface area contributed by atoms with Crippen molar-refractivity contribution in [3.05, 3.63) is 41.0 Å².